The number of nitrogens with one attached hydrogen (secondary N) is 1. The molecule has 1 N–H and O–H groups in total. The Bertz CT molecular complexity index is 331. The van der Waals surface area contributed by atoms with Gasteiger partial charge in [0.1, 0.15) is 0 Å². The Kier molecular flexibility index (Phi) is 6.08. The molecular formula is C13H28N2O2S. The summed E-state index contributed by atoms with van der Waals surface area (Å²) in [6.45, 7) is 10.8. The van der Waals surface area contributed by atoms with Crippen molar-refractivity contribution in [1.82, 2.24) is 9.62 Å². The number of nitrogens with zero attached hydrogens (tertiary/aromatic N) is 1. The van der Waals surface area contributed by atoms with Gasteiger partial charge in [0.25, 0.3) is 0 Å². The van der Waals surface area contributed by atoms with Crippen LogP contribution in [0.5, 0.6) is 0 Å². The van der Waals surface area contributed by atoms with E-state index < -0.39 is 10.0 Å². The molecule has 0 aliphatic carbocycles. The third-order valence-electron chi connectivity index (χ3n) is 3.73. The van der Waals surface area contributed by atoms with Gasteiger partial charge in [-0.25, -0.2) is 12.7 Å². The van der Waals surface area contributed by atoms with E-state index in [0.717, 1.165) is 19.4 Å². The fourth-order valence-electron chi connectivity index (χ4n) is 2.23. The average Bonchev–Trinajstić information content (AvgIpc) is 2.59. The molecule has 0 bridgehead atoms. The summed E-state index contributed by atoms with van der Waals surface area (Å²) < 4.78 is 25.9. The standard InChI is InChI=1S/C13H28N2O2S/c1-11(2)14-7-5-6-8-18(16,17)15-9-12(3)13(4)10-15/h11-14H,5-10H2,1-4H3. The summed E-state index contributed by atoms with van der Waals surface area (Å²) in [6, 6.07) is 0.474. The Morgan fingerprint density at radius 3 is 2.22 bits per heavy atom. The van der Waals surface area contributed by atoms with E-state index in [1.807, 2.05) is 0 Å². The fraction of sp³-hybridized carbons (Fsp3) is 1.00. The first-order valence-electron chi connectivity index (χ1n) is 7.04. The summed E-state index contributed by atoms with van der Waals surface area (Å²) in [6.07, 6.45) is 1.68. The Hall–Kier alpha value is -0.130. The van der Waals surface area contributed by atoms with Crippen molar-refractivity contribution in [3.05, 3.63) is 0 Å². The van der Waals surface area contributed by atoms with E-state index >= 15 is 0 Å². The molecule has 0 aromatic heterocycles. The molecule has 2 unspecified atom stereocenters. The maximum Gasteiger partial charge on any atom is 0.214 e. The van der Waals surface area contributed by atoms with Gasteiger partial charge >= 0.3 is 0 Å². The van der Waals surface area contributed by atoms with Gasteiger partial charge in [-0.15, -0.1) is 0 Å². The van der Waals surface area contributed by atoms with Gasteiger partial charge in [-0.2, -0.15) is 0 Å². The summed E-state index contributed by atoms with van der Waals surface area (Å²) in [5.74, 6) is 1.27. The maximum absolute atomic E-state index is 12.1. The number of unbranched alkanes of at least 4 members (excludes halogenated alkanes) is 1. The highest BCUT2D eigenvalue weighted by Gasteiger charge is 2.33. The minimum absolute atomic E-state index is 0.298. The zero-order valence-electron chi connectivity index (χ0n) is 12.1. The van der Waals surface area contributed by atoms with Gasteiger partial charge < -0.3 is 5.32 Å². The van der Waals surface area contributed by atoms with Gasteiger partial charge in [0, 0.05) is 19.1 Å². The molecule has 108 valence electrons. The lowest BCUT2D eigenvalue weighted by Gasteiger charge is -2.16. The van der Waals surface area contributed by atoms with E-state index in [1.54, 1.807) is 4.31 Å². The molecule has 18 heavy (non-hydrogen) atoms. The molecule has 1 heterocycles. The first kappa shape index (κ1) is 15.9. The van der Waals surface area contributed by atoms with Gasteiger partial charge in [0.2, 0.25) is 10.0 Å². The molecule has 4 nitrogen and oxygen atoms in total. The van der Waals surface area contributed by atoms with Crippen LogP contribution in [-0.2, 0) is 10.0 Å². The quantitative estimate of drug-likeness (QED) is 0.720. The first-order valence-corrected chi connectivity index (χ1v) is 8.65. The monoisotopic (exact) mass is 276 g/mol. The van der Waals surface area contributed by atoms with E-state index in [4.69, 9.17) is 0 Å². The molecule has 1 aliphatic rings. The molecule has 0 radical (unpaired) electrons. The molecule has 0 aromatic carbocycles. The predicted molar refractivity (Wildman–Crippen MR) is 76.1 cm³/mol. The van der Waals surface area contributed by atoms with Crippen molar-refractivity contribution in [1.29, 1.82) is 0 Å². The van der Waals surface area contributed by atoms with Crippen molar-refractivity contribution >= 4 is 10.0 Å². The molecule has 0 spiro atoms. The van der Waals surface area contributed by atoms with E-state index in [-0.39, 0.29) is 0 Å². The van der Waals surface area contributed by atoms with Crippen LogP contribution in [0.4, 0.5) is 0 Å². The lowest BCUT2D eigenvalue weighted by atomic mass is 10.0. The molecule has 5 heteroatoms. The van der Waals surface area contributed by atoms with Crippen LogP contribution >= 0.6 is 0 Å². The Labute approximate surface area is 112 Å². The van der Waals surface area contributed by atoms with Crippen molar-refractivity contribution < 1.29 is 8.42 Å². The highest BCUT2D eigenvalue weighted by molar-refractivity contribution is 7.89. The minimum atomic E-state index is -3.02. The van der Waals surface area contributed by atoms with E-state index in [9.17, 15) is 8.42 Å². The van der Waals surface area contributed by atoms with Crippen LogP contribution in [0.3, 0.4) is 0 Å². The van der Waals surface area contributed by atoms with E-state index in [2.05, 4.69) is 33.0 Å². The Morgan fingerprint density at radius 1 is 1.17 bits per heavy atom. The third kappa shape index (κ3) is 4.86. The number of rotatable bonds is 7. The highest BCUT2D eigenvalue weighted by atomic mass is 32.2. The van der Waals surface area contributed by atoms with Crippen LogP contribution in [0.2, 0.25) is 0 Å². The minimum Gasteiger partial charge on any atom is -0.315 e. The Balaban J connectivity index is 2.28. The normalized spacial score (nSPS) is 26.1. The second-order valence-electron chi connectivity index (χ2n) is 5.90. The molecule has 1 saturated heterocycles. The zero-order valence-corrected chi connectivity index (χ0v) is 13.0. The van der Waals surface area contributed by atoms with Gasteiger partial charge in [0.15, 0.2) is 0 Å². The SMILES string of the molecule is CC(C)NCCCCS(=O)(=O)N1CC(C)C(C)C1. The second kappa shape index (κ2) is 6.87. The summed E-state index contributed by atoms with van der Waals surface area (Å²) >= 11 is 0. The summed E-state index contributed by atoms with van der Waals surface area (Å²) in [4.78, 5) is 0. The van der Waals surface area contributed by atoms with Crippen LogP contribution in [0.25, 0.3) is 0 Å². The largest absolute Gasteiger partial charge is 0.315 e. The third-order valence-corrected chi connectivity index (χ3v) is 5.62. The number of hydrogen-bond donors (Lipinski definition) is 1. The van der Waals surface area contributed by atoms with Crippen molar-refractivity contribution in [3.8, 4) is 0 Å². The van der Waals surface area contributed by atoms with Crippen molar-refractivity contribution in [2.75, 3.05) is 25.4 Å². The molecule has 1 rings (SSSR count). The van der Waals surface area contributed by atoms with Crippen molar-refractivity contribution in [2.45, 2.75) is 46.6 Å². The number of sulfonamides is 1. The molecular weight excluding hydrogens is 248 g/mol. The topological polar surface area (TPSA) is 49.4 Å². The lowest BCUT2D eigenvalue weighted by molar-refractivity contribution is 0.460. The van der Waals surface area contributed by atoms with Crippen LogP contribution in [0.15, 0.2) is 0 Å². The van der Waals surface area contributed by atoms with Crippen molar-refractivity contribution in [3.63, 3.8) is 0 Å². The van der Waals surface area contributed by atoms with Gasteiger partial charge in [-0.05, 0) is 31.2 Å². The molecule has 0 saturated carbocycles. The van der Waals surface area contributed by atoms with E-state index in [1.165, 1.54) is 0 Å². The lowest BCUT2D eigenvalue weighted by Crippen LogP contribution is -2.31. The molecule has 2 atom stereocenters. The van der Waals surface area contributed by atoms with Gasteiger partial charge in [-0.3, -0.25) is 0 Å². The maximum atomic E-state index is 12.1. The van der Waals surface area contributed by atoms with Crippen LogP contribution < -0.4 is 5.32 Å². The molecule has 1 aliphatic heterocycles. The van der Waals surface area contributed by atoms with Crippen LogP contribution in [0.1, 0.15) is 40.5 Å². The van der Waals surface area contributed by atoms with Crippen LogP contribution in [0, 0.1) is 11.8 Å². The molecule has 1 fully saturated rings. The second-order valence-corrected chi connectivity index (χ2v) is 7.99. The smallest absolute Gasteiger partial charge is 0.214 e. The van der Waals surface area contributed by atoms with Crippen molar-refractivity contribution in [2.24, 2.45) is 11.8 Å². The predicted octanol–water partition coefficient (Wildman–Crippen LogP) is 1.68. The molecule has 0 amide bonds. The summed E-state index contributed by atoms with van der Waals surface area (Å²) in [5, 5.41) is 3.31. The first-order chi connectivity index (χ1) is 8.33. The Morgan fingerprint density at radius 2 is 1.72 bits per heavy atom. The highest BCUT2D eigenvalue weighted by Crippen LogP contribution is 2.25. The summed E-state index contributed by atoms with van der Waals surface area (Å²) in [5.41, 5.74) is 0. The summed E-state index contributed by atoms with van der Waals surface area (Å²) in [7, 11) is -3.02. The van der Waals surface area contributed by atoms with E-state index in [0.29, 0.717) is 36.7 Å². The van der Waals surface area contributed by atoms with Gasteiger partial charge in [0.05, 0.1) is 5.75 Å². The zero-order chi connectivity index (χ0) is 13.8. The molecule has 0 aromatic rings. The average molecular weight is 276 g/mol. The van der Waals surface area contributed by atoms with Crippen LogP contribution in [-0.4, -0.2) is 44.2 Å². The van der Waals surface area contributed by atoms with Gasteiger partial charge in [-0.1, -0.05) is 27.7 Å². The number of hydrogen-bond acceptors (Lipinski definition) is 3. The fourth-order valence-corrected chi connectivity index (χ4v) is 3.98.